The fourth-order valence-corrected chi connectivity index (χ4v) is 3.47. The minimum Gasteiger partial charge on any atom is -0.455 e. The topological polar surface area (TPSA) is 119 Å². The lowest BCUT2D eigenvalue weighted by Crippen LogP contribution is -2.28. The van der Waals surface area contributed by atoms with E-state index in [0.717, 1.165) is 0 Å². The summed E-state index contributed by atoms with van der Waals surface area (Å²) < 4.78 is 5.03. The maximum atomic E-state index is 12.3. The van der Waals surface area contributed by atoms with Crippen LogP contribution in [0.5, 0.6) is 0 Å². The van der Waals surface area contributed by atoms with Gasteiger partial charge in [-0.2, -0.15) is 0 Å². The second kappa shape index (κ2) is 9.32. The van der Waals surface area contributed by atoms with Gasteiger partial charge in [-0.05, 0) is 25.1 Å². The first-order valence-electron chi connectivity index (χ1n) is 9.13. The molecule has 1 atom stereocenters. The number of benzene rings is 2. The normalized spacial score (nSPS) is 15.6. The average molecular weight is 466 g/mol. The van der Waals surface area contributed by atoms with Crippen molar-refractivity contribution >= 4 is 58.0 Å². The van der Waals surface area contributed by atoms with Crippen molar-refractivity contribution in [2.45, 2.75) is 13.3 Å². The van der Waals surface area contributed by atoms with Crippen molar-refractivity contribution in [2.75, 3.05) is 23.4 Å². The number of nitro groups is 1. The molecule has 1 aliphatic rings. The number of aryl methyl sites for hydroxylation is 1. The minimum absolute atomic E-state index is 0.000375. The third-order valence-corrected chi connectivity index (χ3v) is 5.55. The second-order valence-corrected chi connectivity index (χ2v) is 7.68. The molecule has 162 valence electrons. The third-order valence-electron chi connectivity index (χ3n) is 4.73. The number of carbonyl (C=O) groups excluding carboxylic acids is 3. The van der Waals surface area contributed by atoms with Gasteiger partial charge < -0.3 is 15.0 Å². The van der Waals surface area contributed by atoms with E-state index in [1.54, 1.807) is 31.2 Å². The molecule has 0 unspecified atom stereocenters. The molecule has 2 aromatic rings. The Labute approximate surface area is 187 Å². The van der Waals surface area contributed by atoms with Crippen molar-refractivity contribution in [1.82, 2.24) is 0 Å². The third kappa shape index (κ3) is 5.12. The largest absolute Gasteiger partial charge is 0.455 e. The number of amides is 2. The van der Waals surface area contributed by atoms with E-state index in [0.29, 0.717) is 11.3 Å². The summed E-state index contributed by atoms with van der Waals surface area (Å²) in [5, 5.41) is 14.0. The average Bonchev–Trinajstić information content (AvgIpc) is 3.11. The number of ether oxygens (including phenoxy) is 1. The molecule has 0 saturated carbocycles. The molecule has 1 aliphatic heterocycles. The molecule has 1 heterocycles. The van der Waals surface area contributed by atoms with Crippen molar-refractivity contribution in [1.29, 1.82) is 0 Å². The molecule has 0 aromatic heterocycles. The van der Waals surface area contributed by atoms with E-state index in [1.807, 2.05) is 0 Å². The van der Waals surface area contributed by atoms with Crippen LogP contribution in [-0.4, -0.2) is 35.9 Å². The monoisotopic (exact) mass is 465 g/mol. The quantitative estimate of drug-likeness (QED) is 0.394. The van der Waals surface area contributed by atoms with E-state index in [1.165, 1.54) is 17.0 Å². The highest BCUT2D eigenvalue weighted by molar-refractivity contribution is 6.44. The van der Waals surface area contributed by atoms with E-state index in [-0.39, 0.29) is 40.3 Å². The van der Waals surface area contributed by atoms with Crippen molar-refractivity contribution in [3.8, 4) is 0 Å². The predicted molar refractivity (Wildman–Crippen MR) is 114 cm³/mol. The Morgan fingerprint density at radius 2 is 2.03 bits per heavy atom. The van der Waals surface area contributed by atoms with E-state index >= 15 is 0 Å². The molecule has 3 rings (SSSR count). The molecular formula is C20H17Cl2N3O6. The number of hydrogen-bond acceptors (Lipinski definition) is 6. The summed E-state index contributed by atoms with van der Waals surface area (Å²) in [7, 11) is 0. The van der Waals surface area contributed by atoms with Crippen LogP contribution in [0, 0.1) is 23.0 Å². The van der Waals surface area contributed by atoms with E-state index < -0.39 is 29.3 Å². The van der Waals surface area contributed by atoms with Crippen LogP contribution in [0.25, 0.3) is 0 Å². The highest BCUT2D eigenvalue weighted by atomic mass is 35.5. The van der Waals surface area contributed by atoms with Gasteiger partial charge in [0.05, 0.1) is 32.3 Å². The Morgan fingerprint density at radius 1 is 1.29 bits per heavy atom. The number of halogens is 2. The molecule has 31 heavy (non-hydrogen) atoms. The SMILES string of the molecule is Cc1ccc(N2C[C@H](C(=O)OCC(=O)Nc3cccc(Cl)c3Cl)CC2=O)cc1[N+](=O)[O-]. The van der Waals surface area contributed by atoms with Crippen molar-refractivity contribution in [3.63, 3.8) is 0 Å². The second-order valence-electron chi connectivity index (χ2n) is 6.89. The lowest BCUT2D eigenvalue weighted by atomic mass is 10.1. The standard InChI is InChI=1S/C20H17Cl2N3O6/c1-11-5-6-13(8-16(11)25(29)30)24-9-12(7-18(24)27)20(28)31-10-17(26)23-15-4-2-3-14(21)19(15)22/h2-6,8,12H,7,9-10H2,1H3,(H,23,26)/t12-/m1/s1. The Bertz CT molecular complexity index is 1070. The first-order chi connectivity index (χ1) is 14.7. The predicted octanol–water partition coefficient (Wildman–Crippen LogP) is 3.74. The minimum atomic E-state index is -0.796. The van der Waals surface area contributed by atoms with Crippen LogP contribution >= 0.6 is 23.2 Å². The molecule has 0 radical (unpaired) electrons. The molecule has 0 aliphatic carbocycles. The maximum Gasteiger partial charge on any atom is 0.311 e. The van der Waals surface area contributed by atoms with Crippen molar-refractivity contribution in [2.24, 2.45) is 5.92 Å². The molecule has 2 amide bonds. The number of rotatable bonds is 6. The number of carbonyl (C=O) groups is 3. The van der Waals surface area contributed by atoms with Gasteiger partial charge in [0.15, 0.2) is 6.61 Å². The van der Waals surface area contributed by atoms with Crippen LogP contribution in [-0.2, 0) is 19.1 Å². The molecular weight excluding hydrogens is 449 g/mol. The zero-order valence-corrected chi connectivity index (χ0v) is 17.8. The van der Waals surface area contributed by atoms with Crippen LogP contribution in [0.15, 0.2) is 36.4 Å². The summed E-state index contributed by atoms with van der Waals surface area (Å²) >= 11 is 11.9. The lowest BCUT2D eigenvalue weighted by molar-refractivity contribution is -0.385. The van der Waals surface area contributed by atoms with Crippen LogP contribution in [0.4, 0.5) is 17.1 Å². The van der Waals surface area contributed by atoms with Gasteiger partial charge in [-0.25, -0.2) is 0 Å². The highest BCUT2D eigenvalue weighted by Crippen LogP contribution is 2.31. The van der Waals surface area contributed by atoms with Gasteiger partial charge in [0, 0.05) is 24.6 Å². The van der Waals surface area contributed by atoms with Crippen LogP contribution in [0.1, 0.15) is 12.0 Å². The Morgan fingerprint density at radius 3 is 2.74 bits per heavy atom. The van der Waals surface area contributed by atoms with Gasteiger partial charge in [-0.15, -0.1) is 0 Å². The Kier molecular flexibility index (Phi) is 6.77. The maximum absolute atomic E-state index is 12.3. The zero-order valence-electron chi connectivity index (χ0n) is 16.3. The van der Waals surface area contributed by atoms with Gasteiger partial charge in [-0.3, -0.25) is 24.5 Å². The molecule has 2 aromatic carbocycles. The van der Waals surface area contributed by atoms with Gasteiger partial charge in [0.1, 0.15) is 0 Å². The fraction of sp³-hybridized carbons (Fsp3) is 0.250. The van der Waals surface area contributed by atoms with Crippen molar-refractivity contribution < 1.29 is 24.0 Å². The molecule has 1 N–H and O–H groups in total. The van der Waals surface area contributed by atoms with Gasteiger partial charge in [-0.1, -0.05) is 35.3 Å². The molecule has 11 heteroatoms. The Hall–Kier alpha value is -3.17. The first kappa shape index (κ1) is 22.5. The number of nitrogens with zero attached hydrogens (tertiary/aromatic N) is 2. The molecule has 0 bridgehead atoms. The van der Waals surface area contributed by atoms with Crippen LogP contribution in [0.2, 0.25) is 10.0 Å². The molecule has 9 nitrogen and oxygen atoms in total. The first-order valence-corrected chi connectivity index (χ1v) is 9.89. The van der Waals surface area contributed by atoms with Gasteiger partial charge in [0.25, 0.3) is 11.6 Å². The fourth-order valence-electron chi connectivity index (χ4n) is 3.12. The van der Waals surface area contributed by atoms with E-state index in [2.05, 4.69) is 5.32 Å². The molecule has 0 spiro atoms. The van der Waals surface area contributed by atoms with Gasteiger partial charge in [0.2, 0.25) is 5.91 Å². The summed E-state index contributed by atoms with van der Waals surface area (Å²) in [6.45, 7) is 1.03. The van der Waals surface area contributed by atoms with Crippen LogP contribution in [0.3, 0.4) is 0 Å². The number of nitrogens with one attached hydrogen (secondary N) is 1. The van der Waals surface area contributed by atoms with Gasteiger partial charge >= 0.3 is 5.97 Å². The molecule has 1 fully saturated rings. The highest BCUT2D eigenvalue weighted by Gasteiger charge is 2.37. The number of esters is 1. The Balaban J connectivity index is 1.59. The summed E-state index contributed by atoms with van der Waals surface area (Å²) in [6.07, 6.45) is -0.123. The van der Waals surface area contributed by atoms with E-state index in [9.17, 15) is 24.5 Å². The van der Waals surface area contributed by atoms with E-state index in [4.69, 9.17) is 27.9 Å². The zero-order chi connectivity index (χ0) is 22.7. The lowest BCUT2D eigenvalue weighted by Gasteiger charge is -2.17. The summed E-state index contributed by atoms with van der Waals surface area (Å²) in [6, 6.07) is 9.12. The summed E-state index contributed by atoms with van der Waals surface area (Å²) in [5.41, 5.74) is 0.944. The summed E-state index contributed by atoms with van der Waals surface area (Å²) in [5.74, 6) is -2.50. The summed E-state index contributed by atoms with van der Waals surface area (Å²) in [4.78, 5) is 48.6. The number of hydrogen-bond donors (Lipinski definition) is 1. The number of nitro benzene ring substituents is 1. The van der Waals surface area contributed by atoms with Crippen LogP contribution < -0.4 is 10.2 Å². The molecule has 1 saturated heterocycles. The van der Waals surface area contributed by atoms with Crippen molar-refractivity contribution in [3.05, 3.63) is 62.1 Å². The smallest absolute Gasteiger partial charge is 0.311 e. The number of anilines is 2.